The second-order valence-electron chi connectivity index (χ2n) is 6.50. The Bertz CT molecular complexity index is 1180. The predicted molar refractivity (Wildman–Crippen MR) is 123 cm³/mol. The quantitative estimate of drug-likeness (QED) is 0.355. The van der Waals surface area contributed by atoms with Gasteiger partial charge in [-0.1, -0.05) is 11.6 Å². The van der Waals surface area contributed by atoms with Gasteiger partial charge in [-0.2, -0.15) is 0 Å². The topological polar surface area (TPSA) is 94.8 Å². The molecule has 0 atom stereocenters. The molecule has 2 heterocycles. The molecule has 166 valence electrons. The molecule has 0 unspecified atom stereocenters. The molecule has 2 aromatic heterocycles. The summed E-state index contributed by atoms with van der Waals surface area (Å²) in [5, 5.41) is 3.46. The zero-order valence-corrected chi connectivity index (χ0v) is 19.1. The highest BCUT2D eigenvalue weighted by Crippen LogP contribution is 2.34. The Labute approximate surface area is 193 Å². The summed E-state index contributed by atoms with van der Waals surface area (Å²) in [6.07, 6.45) is 2.77. The van der Waals surface area contributed by atoms with Gasteiger partial charge in [-0.05, 0) is 61.9 Å². The number of ether oxygens (including phenoxy) is 2. The molecule has 0 bridgehead atoms. The van der Waals surface area contributed by atoms with Crippen molar-refractivity contribution in [1.29, 1.82) is 0 Å². The van der Waals surface area contributed by atoms with Crippen molar-refractivity contribution < 1.29 is 28.3 Å². The Morgan fingerprint density at radius 2 is 1.84 bits per heavy atom. The number of rotatable bonds is 7. The van der Waals surface area contributed by atoms with Crippen molar-refractivity contribution in [3.8, 4) is 11.3 Å². The van der Waals surface area contributed by atoms with Crippen LogP contribution in [0.5, 0.6) is 0 Å². The molecular formula is C23H20ClNO6S. The Morgan fingerprint density at radius 1 is 1.12 bits per heavy atom. The first kappa shape index (κ1) is 23.3. The number of amides is 1. The Balaban J connectivity index is 1.78. The number of hydrogen-bond donors (Lipinski definition) is 1. The maximum atomic E-state index is 12.5. The number of nitrogens with one attached hydrogen (secondary N) is 1. The Hall–Kier alpha value is -3.36. The molecule has 0 aliphatic rings. The van der Waals surface area contributed by atoms with E-state index in [9.17, 15) is 14.4 Å². The molecule has 3 aromatic rings. The van der Waals surface area contributed by atoms with Crippen molar-refractivity contribution in [3.05, 3.63) is 69.3 Å². The van der Waals surface area contributed by atoms with Gasteiger partial charge < -0.3 is 19.2 Å². The van der Waals surface area contributed by atoms with Gasteiger partial charge in [0.1, 0.15) is 21.4 Å². The van der Waals surface area contributed by atoms with Crippen LogP contribution in [0.2, 0.25) is 5.02 Å². The molecule has 0 saturated heterocycles. The number of carbonyl (C=O) groups excluding carboxylic acids is 3. The zero-order valence-electron chi connectivity index (χ0n) is 17.6. The highest BCUT2D eigenvalue weighted by Gasteiger charge is 2.26. The summed E-state index contributed by atoms with van der Waals surface area (Å²) in [6.45, 7) is 3.43. The zero-order chi connectivity index (χ0) is 23.3. The third kappa shape index (κ3) is 5.27. The summed E-state index contributed by atoms with van der Waals surface area (Å²) < 4.78 is 15.5. The molecule has 32 heavy (non-hydrogen) atoms. The number of halogens is 1. The number of methoxy groups -OCH3 is 1. The lowest BCUT2D eigenvalue weighted by Crippen LogP contribution is -2.12. The maximum Gasteiger partial charge on any atom is 0.348 e. The molecule has 3 rings (SSSR count). The number of benzene rings is 1. The fraction of sp³-hybridized carbons (Fsp3) is 0.174. The molecule has 9 heteroatoms. The molecular weight excluding hydrogens is 454 g/mol. The fourth-order valence-corrected chi connectivity index (χ4v) is 4.10. The minimum Gasteiger partial charge on any atom is -0.465 e. The van der Waals surface area contributed by atoms with Gasteiger partial charge in [0.15, 0.2) is 0 Å². The summed E-state index contributed by atoms with van der Waals surface area (Å²) in [4.78, 5) is 37.1. The Kier molecular flexibility index (Phi) is 7.50. The second-order valence-corrected chi connectivity index (χ2v) is 7.96. The molecule has 0 radical (unpaired) electrons. The van der Waals surface area contributed by atoms with Crippen LogP contribution in [0.1, 0.15) is 38.3 Å². The van der Waals surface area contributed by atoms with E-state index in [4.69, 9.17) is 25.5 Å². The van der Waals surface area contributed by atoms with E-state index < -0.39 is 17.8 Å². The minimum atomic E-state index is -0.630. The molecule has 0 aliphatic heterocycles. The van der Waals surface area contributed by atoms with Crippen molar-refractivity contribution in [2.24, 2.45) is 0 Å². The van der Waals surface area contributed by atoms with E-state index in [1.54, 1.807) is 38.1 Å². The van der Waals surface area contributed by atoms with Gasteiger partial charge in [-0.15, -0.1) is 11.3 Å². The number of carbonyl (C=O) groups is 3. The first-order valence-electron chi connectivity index (χ1n) is 9.57. The number of anilines is 1. The van der Waals surface area contributed by atoms with Gasteiger partial charge in [-0.25, -0.2) is 9.59 Å². The number of thiophene rings is 1. The summed E-state index contributed by atoms with van der Waals surface area (Å²) in [5.74, 6) is -0.636. The van der Waals surface area contributed by atoms with Crippen molar-refractivity contribution in [2.75, 3.05) is 19.0 Å². The molecule has 7 nitrogen and oxygen atoms in total. The number of furan rings is 1. The second kappa shape index (κ2) is 10.3. The van der Waals surface area contributed by atoms with Gasteiger partial charge in [0.25, 0.3) is 0 Å². The van der Waals surface area contributed by atoms with Gasteiger partial charge >= 0.3 is 11.9 Å². The van der Waals surface area contributed by atoms with Crippen LogP contribution in [0.25, 0.3) is 17.4 Å². The summed E-state index contributed by atoms with van der Waals surface area (Å²) in [5.41, 5.74) is 1.36. The smallest absolute Gasteiger partial charge is 0.348 e. The van der Waals surface area contributed by atoms with Crippen LogP contribution < -0.4 is 5.32 Å². The Morgan fingerprint density at radius 3 is 2.50 bits per heavy atom. The minimum absolute atomic E-state index is 0.127. The lowest BCUT2D eigenvalue weighted by atomic mass is 10.1. The molecule has 0 saturated carbocycles. The van der Waals surface area contributed by atoms with E-state index in [2.05, 4.69) is 5.32 Å². The molecule has 0 spiro atoms. The highest BCUT2D eigenvalue weighted by molar-refractivity contribution is 7.18. The van der Waals surface area contributed by atoms with Crippen molar-refractivity contribution in [1.82, 2.24) is 0 Å². The lowest BCUT2D eigenvalue weighted by molar-refractivity contribution is -0.111. The van der Waals surface area contributed by atoms with E-state index in [-0.39, 0.29) is 22.0 Å². The summed E-state index contributed by atoms with van der Waals surface area (Å²) >= 11 is 6.85. The fourth-order valence-electron chi connectivity index (χ4n) is 2.86. The van der Waals surface area contributed by atoms with Crippen molar-refractivity contribution in [2.45, 2.75) is 13.8 Å². The van der Waals surface area contributed by atoms with Gasteiger partial charge in [0.2, 0.25) is 5.91 Å². The van der Waals surface area contributed by atoms with E-state index in [1.165, 1.54) is 19.3 Å². The van der Waals surface area contributed by atoms with E-state index in [0.717, 1.165) is 16.9 Å². The van der Waals surface area contributed by atoms with Crippen LogP contribution in [0, 0.1) is 6.92 Å². The maximum absolute atomic E-state index is 12.5. The van der Waals surface area contributed by atoms with Crippen LogP contribution in [-0.4, -0.2) is 31.6 Å². The number of hydrogen-bond acceptors (Lipinski definition) is 7. The van der Waals surface area contributed by atoms with Crippen LogP contribution >= 0.6 is 22.9 Å². The molecule has 0 aliphatic carbocycles. The van der Waals surface area contributed by atoms with Gasteiger partial charge in [-0.3, -0.25) is 4.79 Å². The van der Waals surface area contributed by atoms with E-state index >= 15 is 0 Å². The third-order valence-electron chi connectivity index (χ3n) is 4.39. The van der Waals surface area contributed by atoms with Crippen molar-refractivity contribution >= 4 is 51.9 Å². The summed E-state index contributed by atoms with van der Waals surface area (Å²) in [7, 11) is 1.24. The lowest BCUT2D eigenvalue weighted by Gasteiger charge is -2.05. The van der Waals surface area contributed by atoms with E-state index in [0.29, 0.717) is 22.1 Å². The average molecular weight is 474 g/mol. The first-order valence-corrected chi connectivity index (χ1v) is 10.8. The van der Waals surface area contributed by atoms with Gasteiger partial charge in [0.05, 0.1) is 19.3 Å². The van der Waals surface area contributed by atoms with Crippen LogP contribution in [0.4, 0.5) is 5.00 Å². The number of esters is 2. The largest absolute Gasteiger partial charge is 0.465 e. The van der Waals surface area contributed by atoms with Crippen LogP contribution in [0.15, 0.2) is 46.9 Å². The first-order chi connectivity index (χ1) is 15.3. The average Bonchev–Trinajstić information content (AvgIpc) is 3.37. The molecule has 0 fully saturated rings. The highest BCUT2D eigenvalue weighted by atomic mass is 35.5. The van der Waals surface area contributed by atoms with Crippen LogP contribution in [0.3, 0.4) is 0 Å². The van der Waals surface area contributed by atoms with Crippen LogP contribution in [-0.2, 0) is 14.3 Å². The van der Waals surface area contributed by atoms with Crippen molar-refractivity contribution in [3.63, 3.8) is 0 Å². The van der Waals surface area contributed by atoms with E-state index in [1.807, 2.05) is 12.1 Å². The summed E-state index contributed by atoms with van der Waals surface area (Å²) in [6, 6.07) is 10.7. The van der Waals surface area contributed by atoms with Gasteiger partial charge in [0, 0.05) is 16.7 Å². The predicted octanol–water partition coefficient (Wildman–Crippen LogP) is 5.59. The monoisotopic (exact) mass is 473 g/mol. The molecule has 1 N–H and O–H groups in total. The third-order valence-corrected chi connectivity index (χ3v) is 5.83. The molecule has 1 aromatic carbocycles. The molecule has 1 amide bonds. The normalized spacial score (nSPS) is 10.9. The SMILES string of the molecule is CCOC(=O)c1c(NC(=O)/C=C/c2ccc(-c3ccc(Cl)cc3)o2)sc(C(=O)OC)c1C. The standard InChI is InChI=1S/C23H20ClNO6S/c1-4-30-22(27)19-13(2)20(23(28)29-3)32-21(19)25-18(26)12-10-16-9-11-17(31-16)14-5-7-15(24)8-6-14/h5-12H,4H2,1-3H3,(H,25,26)/b12-10+.